The van der Waals surface area contributed by atoms with E-state index in [1.807, 2.05) is 6.92 Å². The van der Waals surface area contributed by atoms with Crippen LogP contribution in [0.3, 0.4) is 0 Å². The predicted molar refractivity (Wildman–Crippen MR) is 77.3 cm³/mol. The van der Waals surface area contributed by atoms with Crippen molar-refractivity contribution in [3.05, 3.63) is 30.1 Å². The summed E-state index contributed by atoms with van der Waals surface area (Å²) in [6.45, 7) is 2.81. The van der Waals surface area contributed by atoms with E-state index in [0.29, 0.717) is 0 Å². The third-order valence-corrected chi connectivity index (χ3v) is 3.61. The van der Waals surface area contributed by atoms with Crippen molar-refractivity contribution in [1.29, 1.82) is 0 Å². The van der Waals surface area contributed by atoms with Crippen molar-refractivity contribution < 1.29 is 9.18 Å². The van der Waals surface area contributed by atoms with Gasteiger partial charge >= 0.3 is 0 Å². The Morgan fingerprint density at radius 3 is 2.47 bits per heavy atom. The Balaban J connectivity index is 0.00000180. The number of amides is 1. The number of carbonyl (C=O) groups is 1. The van der Waals surface area contributed by atoms with Gasteiger partial charge in [0, 0.05) is 12.7 Å². The fourth-order valence-electron chi connectivity index (χ4n) is 2.39. The monoisotopic (exact) mass is 286 g/mol. The highest BCUT2D eigenvalue weighted by atomic mass is 35.5. The average Bonchev–Trinajstić information content (AvgIpc) is 2.39. The van der Waals surface area contributed by atoms with Crippen LogP contribution in [0.1, 0.15) is 26.2 Å². The van der Waals surface area contributed by atoms with Crippen LogP contribution in [0.25, 0.3) is 0 Å². The number of anilines is 1. The van der Waals surface area contributed by atoms with E-state index in [-0.39, 0.29) is 24.1 Å². The van der Waals surface area contributed by atoms with E-state index in [2.05, 4.69) is 5.32 Å². The molecule has 0 aliphatic carbocycles. The summed E-state index contributed by atoms with van der Waals surface area (Å²) in [4.78, 5) is 14.1. The van der Waals surface area contributed by atoms with E-state index in [4.69, 9.17) is 0 Å². The number of hydrogen-bond acceptors (Lipinski definition) is 2. The molecule has 1 saturated heterocycles. The molecule has 1 heterocycles. The summed E-state index contributed by atoms with van der Waals surface area (Å²) < 4.78 is 12.9. The van der Waals surface area contributed by atoms with E-state index >= 15 is 0 Å². The van der Waals surface area contributed by atoms with Gasteiger partial charge in [-0.25, -0.2) is 4.39 Å². The first kappa shape index (κ1) is 15.9. The molecule has 1 aromatic rings. The number of rotatable bonds is 2. The number of carbonyl (C=O) groups excluding carboxylic acids is 1. The van der Waals surface area contributed by atoms with Crippen molar-refractivity contribution in [3.8, 4) is 0 Å². The second-order valence-electron chi connectivity index (χ2n) is 5.06. The SMILES string of the molecule is CN(C(=O)C1(C)CCCCN1)c1ccc(F)cc1.Cl. The number of nitrogens with zero attached hydrogens (tertiary/aromatic N) is 1. The van der Waals surface area contributed by atoms with Crippen LogP contribution in [-0.2, 0) is 4.79 Å². The van der Waals surface area contributed by atoms with E-state index < -0.39 is 5.54 Å². The zero-order valence-electron chi connectivity index (χ0n) is 11.3. The van der Waals surface area contributed by atoms with Crippen LogP contribution in [0.2, 0.25) is 0 Å². The maximum absolute atomic E-state index is 12.9. The Bertz CT molecular complexity index is 430. The highest BCUT2D eigenvalue weighted by Gasteiger charge is 2.36. The summed E-state index contributed by atoms with van der Waals surface area (Å²) >= 11 is 0. The molecule has 0 aromatic heterocycles. The highest BCUT2D eigenvalue weighted by Crippen LogP contribution is 2.24. The third kappa shape index (κ3) is 3.45. The molecule has 5 heteroatoms. The lowest BCUT2D eigenvalue weighted by Crippen LogP contribution is -2.57. The van der Waals surface area contributed by atoms with Gasteiger partial charge in [0.25, 0.3) is 0 Å². The van der Waals surface area contributed by atoms with Crippen molar-refractivity contribution in [2.45, 2.75) is 31.7 Å². The molecule has 19 heavy (non-hydrogen) atoms. The second-order valence-corrected chi connectivity index (χ2v) is 5.06. The van der Waals surface area contributed by atoms with Crippen molar-refractivity contribution in [2.75, 3.05) is 18.5 Å². The van der Waals surface area contributed by atoms with Gasteiger partial charge in [-0.1, -0.05) is 0 Å². The van der Waals surface area contributed by atoms with Crippen LogP contribution in [0.5, 0.6) is 0 Å². The second kappa shape index (κ2) is 6.35. The van der Waals surface area contributed by atoms with E-state index in [1.165, 1.54) is 12.1 Å². The van der Waals surface area contributed by atoms with E-state index in [9.17, 15) is 9.18 Å². The van der Waals surface area contributed by atoms with Gasteiger partial charge in [-0.15, -0.1) is 12.4 Å². The maximum Gasteiger partial charge on any atom is 0.246 e. The van der Waals surface area contributed by atoms with Gasteiger partial charge in [-0.05, 0) is 57.0 Å². The summed E-state index contributed by atoms with van der Waals surface area (Å²) in [5.41, 5.74) is 0.219. The molecule has 1 aliphatic heterocycles. The minimum atomic E-state index is -0.499. The lowest BCUT2D eigenvalue weighted by atomic mass is 9.89. The molecule has 0 saturated carbocycles. The van der Waals surface area contributed by atoms with Gasteiger partial charge in [0.05, 0.1) is 5.54 Å². The van der Waals surface area contributed by atoms with Crippen LogP contribution in [0.4, 0.5) is 10.1 Å². The van der Waals surface area contributed by atoms with Crippen molar-refractivity contribution in [3.63, 3.8) is 0 Å². The molecule has 2 rings (SSSR count). The molecule has 1 fully saturated rings. The number of nitrogens with one attached hydrogen (secondary N) is 1. The molecule has 1 N–H and O–H groups in total. The van der Waals surface area contributed by atoms with Gasteiger partial charge < -0.3 is 10.2 Å². The van der Waals surface area contributed by atoms with Gasteiger partial charge in [0.15, 0.2) is 0 Å². The first-order valence-corrected chi connectivity index (χ1v) is 6.32. The molecule has 3 nitrogen and oxygen atoms in total. The maximum atomic E-state index is 12.9. The molecular weight excluding hydrogens is 267 g/mol. The van der Waals surface area contributed by atoms with Crippen molar-refractivity contribution in [1.82, 2.24) is 5.32 Å². The molecule has 1 amide bonds. The fourth-order valence-corrected chi connectivity index (χ4v) is 2.39. The Kier molecular flexibility index (Phi) is 5.32. The minimum absolute atomic E-state index is 0. The molecule has 0 radical (unpaired) electrons. The van der Waals surface area contributed by atoms with E-state index in [0.717, 1.165) is 31.5 Å². The third-order valence-electron chi connectivity index (χ3n) is 3.61. The Labute approximate surface area is 119 Å². The fraction of sp³-hybridized carbons (Fsp3) is 0.500. The average molecular weight is 287 g/mol. The van der Waals surface area contributed by atoms with Crippen LogP contribution in [0, 0.1) is 5.82 Å². The summed E-state index contributed by atoms with van der Waals surface area (Å²) in [7, 11) is 1.73. The summed E-state index contributed by atoms with van der Waals surface area (Å²) in [6, 6.07) is 5.99. The zero-order valence-corrected chi connectivity index (χ0v) is 12.1. The van der Waals surface area contributed by atoms with Crippen LogP contribution in [-0.4, -0.2) is 25.0 Å². The normalized spacial score (nSPS) is 22.5. The molecule has 0 spiro atoms. The van der Waals surface area contributed by atoms with E-state index in [1.54, 1.807) is 24.1 Å². The molecule has 1 aliphatic rings. The molecule has 1 unspecified atom stereocenters. The molecule has 1 aromatic carbocycles. The predicted octanol–water partition coefficient (Wildman–Crippen LogP) is 2.74. The number of halogens is 2. The lowest BCUT2D eigenvalue weighted by molar-refractivity contribution is -0.124. The van der Waals surface area contributed by atoms with Crippen molar-refractivity contribution >= 4 is 24.0 Å². The topological polar surface area (TPSA) is 32.3 Å². The molecule has 106 valence electrons. The number of likely N-dealkylation sites (N-methyl/N-ethyl adjacent to an activating group) is 1. The quantitative estimate of drug-likeness (QED) is 0.907. The highest BCUT2D eigenvalue weighted by molar-refractivity contribution is 5.99. The zero-order chi connectivity index (χ0) is 13.2. The van der Waals surface area contributed by atoms with Gasteiger partial charge in [0.1, 0.15) is 5.82 Å². The smallest absolute Gasteiger partial charge is 0.246 e. The number of hydrogen-bond donors (Lipinski definition) is 1. The Hall–Kier alpha value is -1.13. The summed E-state index contributed by atoms with van der Waals surface area (Å²) in [6.07, 6.45) is 3.02. The number of benzene rings is 1. The van der Waals surface area contributed by atoms with Crippen molar-refractivity contribution in [2.24, 2.45) is 0 Å². The Morgan fingerprint density at radius 2 is 1.95 bits per heavy atom. The van der Waals surface area contributed by atoms with Gasteiger partial charge in [-0.2, -0.15) is 0 Å². The molecule has 1 atom stereocenters. The lowest BCUT2D eigenvalue weighted by Gasteiger charge is -2.36. The Morgan fingerprint density at radius 1 is 1.32 bits per heavy atom. The summed E-state index contributed by atoms with van der Waals surface area (Å²) in [5, 5.41) is 3.29. The van der Waals surface area contributed by atoms with Gasteiger partial charge in [-0.3, -0.25) is 4.79 Å². The van der Waals surface area contributed by atoms with Crippen LogP contribution < -0.4 is 10.2 Å². The largest absolute Gasteiger partial charge is 0.314 e. The van der Waals surface area contributed by atoms with Gasteiger partial charge in [0.2, 0.25) is 5.91 Å². The van der Waals surface area contributed by atoms with Crippen LogP contribution >= 0.6 is 12.4 Å². The molecule has 0 bridgehead atoms. The standard InChI is InChI=1S/C14H19FN2O.ClH/c1-14(9-3-4-10-16-14)13(18)17(2)12-7-5-11(15)6-8-12;/h5-8,16H,3-4,9-10H2,1-2H3;1H. The number of piperidine rings is 1. The molecular formula is C14H20ClFN2O. The van der Waals surface area contributed by atoms with Crippen LogP contribution in [0.15, 0.2) is 24.3 Å². The minimum Gasteiger partial charge on any atom is -0.314 e. The summed E-state index contributed by atoms with van der Waals surface area (Å²) in [5.74, 6) is -0.254. The first-order valence-electron chi connectivity index (χ1n) is 6.32. The first-order chi connectivity index (χ1) is 8.53.